The Morgan fingerprint density at radius 3 is 2.67 bits per heavy atom. The predicted octanol–water partition coefficient (Wildman–Crippen LogP) is 3.18. The molecule has 21 heavy (non-hydrogen) atoms. The lowest BCUT2D eigenvalue weighted by molar-refractivity contribution is 0.335. The Labute approximate surface area is 142 Å². The van der Waals surface area contributed by atoms with Crippen LogP contribution in [0.15, 0.2) is 23.1 Å². The molecule has 4 nitrogen and oxygen atoms in total. The van der Waals surface area contributed by atoms with Crippen molar-refractivity contribution in [1.29, 1.82) is 0 Å². The third kappa shape index (κ3) is 4.24. The van der Waals surface area contributed by atoms with E-state index in [2.05, 4.69) is 5.32 Å². The highest BCUT2D eigenvalue weighted by atomic mass is 35.5. The molecular weight excluding hydrogens is 355 g/mol. The minimum Gasteiger partial charge on any atom is -0.315 e. The molecule has 1 aromatic rings. The maximum absolute atomic E-state index is 12.8. The molecule has 0 spiro atoms. The van der Waals surface area contributed by atoms with Gasteiger partial charge in [-0.3, -0.25) is 0 Å². The molecule has 1 unspecified atom stereocenters. The second-order valence-corrected chi connectivity index (χ2v) is 7.54. The Balaban J connectivity index is 0.00000220. The Morgan fingerprint density at radius 2 is 2.10 bits per heavy atom. The molecule has 0 aromatic heterocycles. The van der Waals surface area contributed by atoms with E-state index in [9.17, 15) is 8.42 Å². The standard InChI is InChI=1S/C13H18Cl2N2O2S.ClH/c1-2-7-17(11-5-6-16-9-11)20(18,19)13-8-10(14)3-4-12(13)15;/h3-4,8,11,16H,2,5-7,9H2,1H3;1H. The monoisotopic (exact) mass is 372 g/mol. The molecule has 8 heteroatoms. The molecule has 120 valence electrons. The van der Waals surface area contributed by atoms with Crippen LogP contribution < -0.4 is 5.32 Å². The van der Waals surface area contributed by atoms with Gasteiger partial charge in [-0.05, 0) is 37.6 Å². The molecule has 0 aliphatic carbocycles. The number of nitrogens with zero attached hydrogens (tertiary/aromatic N) is 1. The number of sulfonamides is 1. The lowest BCUT2D eigenvalue weighted by Gasteiger charge is -2.27. The second-order valence-electron chi connectivity index (χ2n) is 4.84. The van der Waals surface area contributed by atoms with Crippen molar-refractivity contribution in [2.24, 2.45) is 0 Å². The fourth-order valence-corrected chi connectivity index (χ4v) is 4.89. The average molecular weight is 374 g/mol. The molecule has 0 bridgehead atoms. The van der Waals surface area contributed by atoms with Crippen molar-refractivity contribution in [3.63, 3.8) is 0 Å². The van der Waals surface area contributed by atoms with Crippen LogP contribution in [-0.4, -0.2) is 38.4 Å². The molecular formula is C13H19Cl3N2O2S. The van der Waals surface area contributed by atoms with Gasteiger partial charge in [-0.1, -0.05) is 30.1 Å². The lowest BCUT2D eigenvalue weighted by Crippen LogP contribution is -2.42. The molecule has 1 aliphatic heterocycles. The van der Waals surface area contributed by atoms with E-state index in [0.29, 0.717) is 18.1 Å². The molecule has 1 heterocycles. The van der Waals surface area contributed by atoms with Gasteiger partial charge in [0.2, 0.25) is 10.0 Å². The highest BCUT2D eigenvalue weighted by Gasteiger charge is 2.33. The lowest BCUT2D eigenvalue weighted by atomic mass is 10.2. The molecule has 1 saturated heterocycles. The van der Waals surface area contributed by atoms with Crippen molar-refractivity contribution >= 4 is 45.6 Å². The summed E-state index contributed by atoms with van der Waals surface area (Å²) in [4.78, 5) is 0.0898. The van der Waals surface area contributed by atoms with Gasteiger partial charge in [0.25, 0.3) is 0 Å². The summed E-state index contributed by atoms with van der Waals surface area (Å²) in [5, 5.41) is 3.77. The molecule has 0 amide bonds. The molecule has 0 radical (unpaired) electrons. The summed E-state index contributed by atoms with van der Waals surface area (Å²) in [6, 6.07) is 4.51. The first-order valence-electron chi connectivity index (χ1n) is 6.64. The number of halogens is 3. The van der Waals surface area contributed by atoms with Gasteiger partial charge in [0, 0.05) is 24.2 Å². The van der Waals surface area contributed by atoms with Crippen LogP contribution in [0.1, 0.15) is 19.8 Å². The quantitative estimate of drug-likeness (QED) is 0.862. The number of nitrogens with one attached hydrogen (secondary N) is 1. The number of hydrogen-bond acceptors (Lipinski definition) is 3. The smallest absolute Gasteiger partial charge is 0.244 e. The molecule has 1 fully saturated rings. The van der Waals surface area contributed by atoms with Gasteiger partial charge >= 0.3 is 0 Å². The molecule has 1 aromatic carbocycles. The summed E-state index contributed by atoms with van der Waals surface area (Å²) in [7, 11) is -3.62. The highest BCUT2D eigenvalue weighted by Crippen LogP contribution is 2.29. The van der Waals surface area contributed by atoms with Gasteiger partial charge in [0.05, 0.1) is 5.02 Å². The number of benzene rings is 1. The predicted molar refractivity (Wildman–Crippen MR) is 89.2 cm³/mol. The van der Waals surface area contributed by atoms with Crippen LogP contribution in [0.5, 0.6) is 0 Å². The summed E-state index contributed by atoms with van der Waals surface area (Å²) in [5.41, 5.74) is 0. The van der Waals surface area contributed by atoms with Crippen molar-refractivity contribution in [2.45, 2.75) is 30.7 Å². The van der Waals surface area contributed by atoms with Crippen LogP contribution in [-0.2, 0) is 10.0 Å². The third-order valence-electron chi connectivity index (χ3n) is 3.37. The van der Waals surface area contributed by atoms with Gasteiger partial charge in [-0.15, -0.1) is 12.4 Å². The SMILES string of the molecule is CCCN(C1CCNC1)S(=O)(=O)c1cc(Cl)ccc1Cl.Cl. The Kier molecular flexibility index (Phi) is 7.24. The number of hydrogen-bond donors (Lipinski definition) is 1. The molecule has 0 saturated carbocycles. The van der Waals surface area contributed by atoms with Gasteiger partial charge in [0.15, 0.2) is 0 Å². The van der Waals surface area contributed by atoms with Crippen molar-refractivity contribution in [3.8, 4) is 0 Å². The van der Waals surface area contributed by atoms with Crippen molar-refractivity contribution in [1.82, 2.24) is 9.62 Å². The van der Waals surface area contributed by atoms with Crippen molar-refractivity contribution in [3.05, 3.63) is 28.2 Å². The second kappa shape index (κ2) is 7.99. The van der Waals surface area contributed by atoms with Crippen LogP contribution in [0.4, 0.5) is 0 Å². The van der Waals surface area contributed by atoms with E-state index in [0.717, 1.165) is 19.4 Å². The Morgan fingerprint density at radius 1 is 1.38 bits per heavy atom. The Bertz CT molecular complexity index is 575. The molecule has 1 N–H and O–H groups in total. The summed E-state index contributed by atoms with van der Waals surface area (Å²) >= 11 is 12.0. The van der Waals surface area contributed by atoms with Crippen LogP contribution in [0, 0.1) is 0 Å². The van der Waals surface area contributed by atoms with Crippen LogP contribution >= 0.6 is 35.6 Å². The summed E-state index contributed by atoms with van der Waals surface area (Å²) in [6.45, 7) is 3.96. The summed E-state index contributed by atoms with van der Waals surface area (Å²) in [6.07, 6.45) is 1.57. The normalized spacial score (nSPS) is 18.8. The first kappa shape index (κ1) is 19.0. The number of rotatable bonds is 5. The largest absolute Gasteiger partial charge is 0.315 e. The Hall–Kier alpha value is -0.0400. The van der Waals surface area contributed by atoms with Crippen LogP contribution in [0.3, 0.4) is 0 Å². The van der Waals surface area contributed by atoms with E-state index < -0.39 is 10.0 Å². The van der Waals surface area contributed by atoms with Gasteiger partial charge < -0.3 is 5.32 Å². The zero-order valence-electron chi connectivity index (χ0n) is 11.7. The first-order chi connectivity index (χ1) is 9.46. The summed E-state index contributed by atoms with van der Waals surface area (Å²) in [5.74, 6) is 0. The van der Waals surface area contributed by atoms with E-state index in [-0.39, 0.29) is 28.4 Å². The van der Waals surface area contributed by atoms with Gasteiger partial charge in [-0.2, -0.15) is 4.31 Å². The van der Waals surface area contributed by atoms with Crippen LogP contribution in [0.2, 0.25) is 10.0 Å². The van der Waals surface area contributed by atoms with E-state index in [1.807, 2.05) is 6.92 Å². The van der Waals surface area contributed by atoms with E-state index in [1.165, 1.54) is 12.1 Å². The fourth-order valence-electron chi connectivity index (χ4n) is 2.41. The van der Waals surface area contributed by atoms with E-state index >= 15 is 0 Å². The van der Waals surface area contributed by atoms with Crippen molar-refractivity contribution in [2.75, 3.05) is 19.6 Å². The highest BCUT2D eigenvalue weighted by molar-refractivity contribution is 7.89. The maximum atomic E-state index is 12.8. The van der Waals surface area contributed by atoms with Crippen molar-refractivity contribution < 1.29 is 8.42 Å². The van der Waals surface area contributed by atoms with Crippen LogP contribution in [0.25, 0.3) is 0 Å². The topological polar surface area (TPSA) is 49.4 Å². The molecule has 1 atom stereocenters. The first-order valence-corrected chi connectivity index (χ1v) is 8.84. The van der Waals surface area contributed by atoms with Gasteiger partial charge in [-0.25, -0.2) is 8.42 Å². The zero-order chi connectivity index (χ0) is 14.8. The van der Waals surface area contributed by atoms with E-state index in [4.69, 9.17) is 23.2 Å². The zero-order valence-corrected chi connectivity index (χ0v) is 14.8. The summed E-state index contributed by atoms with van der Waals surface area (Å²) < 4.78 is 27.2. The minimum atomic E-state index is -3.62. The van der Waals surface area contributed by atoms with E-state index in [1.54, 1.807) is 10.4 Å². The third-order valence-corrected chi connectivity index (χ3v) is 6.03. The molecule has 1 aliphatic rings. The average Bonchev–Trinajstić information content (AvgIpc) is 2.92. The minimum absolute atomic E-state index is 0. The molecule has 2 rings (SSSR count). The maximum Gasteiger partial charge on any atom is 0.244 e. The van der Waals surface area contributed by atoms with Gasteiger partial charge in [0.1, 0.15) is 4.90 Å². The fraction of sp³-hybridized carbons (Fsp3) is 0.538.